The Labute approximate surface area is 187 Å². The molecule has 1 aromatic heterocycles. The van der Waals surface area contributed by atoms with Gasteiger partial charge in [-0.05, 0) is 62.6 Å². The predicted molar refractivity (Wildman–Crippen MR) is 125 cm³/mol. The van der Waals surface area contributed by atoms with E-state index in [1.165, 1.54) is 16.2 Å². The van der Waals surface area contributed by atoms with E-state index in [2.05, 4.69) is 22.2 Å². The third kappa shape index (κ3) is 6.46. The van der Waals surface area contributed by atoms with Crippen LogP contribution in [0.5, 0.6) is 0 Å². The number of nitrogens with zero attached hydrogens (tertiary/aromatic N) is 1. The molecule has 2 aromatic rings. The van der Waals surface area contributed by atoms with E-state index in [1.54, 1.807) is 0 Å². The first-order chi connectivity index (χ1) is 15.0. The van der Waals surface area contributed by atoms with Crippen molar-refractivity contribution in [3.63, 3.8) is 0 Å². The molecule has 8 heteroatoms. The number of benzene rings is 1. The van der Waals surface area contributed by atoms with Crippen LogP contribution >= 0.6 is 11.3 Å². The van der Waals surface area contributed by atoms with Crippen molar-refractivity contribution in [1.29, 1.82) is 0 Å². The van der Waals surface area contributed by atoms with Crippen LogP contribution in [0, 0.1) is 0 Å². The monoisotopic (exact) mass is 441 g/mol. The van der Waals surface area contributed by atoms with Crippen LogP contribution < -0.4 is 22.1 Å². The molecule has 0 saturated heterocycles. The van der Waals surface area contributed by atoms with E-state index in [9.17, 15) is 9.59 Å². The lowest BCUT2D eigenvalue weighted by Gasteiger charge is -2.22. The molecule has 0 radical (unpaired) electrons. The lowest BCUT2D eigenvalue weighted by atomic mass is 9.99. The average Bonchev–Trinajstić information content (AvgIpc) is 3.18. The number of nitrogens with two attached hydrogens (primary N) is 2. The van der Waals surface area contributed by atoms with Gasteiger partial charge in [0, 0.05) is 4.88 Å². The third-order valence-corrected chi connectivity index (χ3v) is 6.44. The Bertz CT molecular complexity index is 888. The fraction of sp³-hybridized carbons (Fsp3) is 0.435. The minimum absolute atomic E-state index is 0.355. The predicted octanol–water partition coefficient (Wildman–Crippen LogP) is 2.31. The molecular formula is C23H31N5O2S. The standard InChI is InChI=1S/C23H31N5O2S/c1-15(14-16-8-3-2-4-9-16)20(27-21(29)17(25)10-7-13-24)22(30)28-23-26-18-11-5-6-12-19(18)31-23/h2-4,8-9,17,20H,1,5-7,10-14,24-25H2,(H,27,29)(H,26,28,30)/t17-,20+/m0/s1. The third-order valence-electron chi connectivity index (χ3n) is 5.36. The van der Waals surface area contributed by atoms with Crippen molar-refractivity contribution in [3.8, 4) is 0 Å². The van der Waals surface area contributed by atoms with Crippen LogP contribution in [-0.4, -0.2) is 35.4 Å². The normalized spacial score (nSPS) is 14.9. The highest BCUT2D eigenvalue weighted by Gasteiger charge is 2.27. The summed E-state index contributed by atoms with van der Waals surface area (Å²) < 4.78 is 0. The number of carbonyl (C=O) groups is 2. The molecule has 0 spiro atoms. The summed E-state index contributed by atoms with van der Waals surface area (Å²) in [7, 11) is 0. The van der Waals surface area contributed by atoms with E-state index >= 15 is 0 Å². The summed E-state index contributed by atoms with van der Waals surface area (Å²) in [5.41, 5.74) is 14.2. The Morgan fingerprint density at radius 3 is 2.61 bits per heavy atom. The highest BCUT2D eigenvalue weighted by Crippen LogP contribution is 2.29. The molecule has 1 aromatic carbocycles. The van der Waals surface area contributed by atoms with Crippen LogP contribution in [0.25, 0.3) is 0 Å². The zero-order valence-corrected chi connectivity index (χ0v) is 18.5. The van der Waals surface area contributed by atoms with Gasteiger partial charge in [0.05, 0.1) is 11.7 Å². The molecule has 3 rings (SSSR count). The first-order valence-electron chi connectivity index (χ1n) is 10.7. The summed E-state index contributed by atoms with van der Waals surface area (Å²) in [6.07, 6.45) is 5.78. The zero-order chi connectivity index (χ0) is 22.2. The fourth-order valence-electron chi connectivity index (χ4n) is 3.61. The summed E-state index contributed by atoms with van der Waals surface area (Å²) in [5.74, 6) is -0.743. The van der Waals surface area contributed by atoms with Crippen molar-refractivity contribution in [1.82, 2.24) is 10.3 Å². The summed E-state index contributed by atoms with van der Waals surface area (Å²) in [6, 6.07) is 8.08. The molecule has 7 nitrogen and oxygen atoms in total. The van der Waals surface area contributed by atoms with Gasteiger partial charge in [-0.2, -0.15) is 0 Å². The molecule has 31 heavy (non-hydrogen) atoms. The van der Waals surface area contributed by atoms with Gasteiger partial charge in [0.1, 0.15) is 6.04 Å². The van der Waals surface area contributed by atoms with Gasteiger partial charge in [0.25, 0.3) is 5.91 Å². The second kappa shape index (κ2) is 11.2. The van der Waals surface area contributed by atoms with Gasteiger partial charge in [-0.1, -0.05) is 36.9 Å². The highest BCUT2D eigenvalue weighted by atomic mass is 32.1. The number of hydrogen-bond donors (Lipinski definition) is 4. The number of nitrogens with one attached hydrogen (secondary N) is 2. The Balaban J connectivity index is 1.73. The largest absolute Gasteiger partial charge is 0.339 e. The molecule has 0 unspecified atom stereocenters. The quantitative estimate of drug-likeness (QED) is 0.421. The molecule has 0 fully saturated rings. The number of amides is 2. The molecule has 0 saturated carbocycles. The molecule has 2 amide bonds. The minimum atomic E-state index is -0.905. The van der Waals surface area contributed by atoms with E-state index in [4.69, 9.17) is 11.5 Å². The Morgan fingerprint density at radius 1 is 1.16 bits per heavy atom. The summed E-state index contributed by atoms with van der Waals surface area (Å²) in [6.45, 7) is 4.56. The summed E-state index contributed by atoms with van der Waals surface area (Å²) in [4.78, 5) is 31.6. The number of rotatable bonds is 10. The van der Waals surface area contributed by atoms with Crippen LogP contribution in [0.15, 0.2) is 42.5 Å². The topological polar surface area (TPSA) is 123 Å². The molecule has 0 aliphatic heterocycles. The van der Waals surface area contributed by atoms with E-state index in [-0.39, 0.29) is 11.8 Å². The van der Waals surface area contributed by atoms with Gasteiger partial charge >= 0.3 is 0 Å². The van der Waals surface area contributed by atoms with E-state index in [0.29, 0.717) is 36.5 Å². The summed E-state index contributed by atoms with van der Waals surface area (Å²) in [5, 5.41) is 6.24. The maximum absolute atomic E-state index is 13.1. The number of thiazole rings is 1. The van der Waals surface area contributed by atoms with Crippen LogP contribution in [-0.2, 0) is 28.9 Å². The minimum Gasteiger partial charge on any atom is -0.339 e. The number of aryl methyl sites for hydroxylation is 2. The number of aromatic nitrogens is 1. The second-order valence-electron chi connectivity index (χ2n) is 7.88. The molecular weight excluding hydrogens is 410 g/mol. The Morgan fingerprint density at radius 2 is 1.90 bits per heavy atom. The number of hydrogen-bond acceptors (Lipinski definition) is 6. The van der Waals surface area contributed by atoms with Gasteiger partial charge in [0.2, 0.25) is 5.91 Å². The molecule has 1 aliphatic carbocycles. The van der Waals surface area contributed by atoms with Crippen molar-refractivity contribution in [2.45, 2.75) is 57.0 Å². The van der Waals surface area contributed by atoms with Crippen LogP contribution in [0.3, 0.4) is 0 Å². The van der Waals surface area contributed by atoms with Gasteiger partial charge in [-0.25, -0.2) is 4.98 Å². The first kappa shape index (κ1) is 23.1. The maximum Gasteiger partial charge on any atom is 0.253 e. The van der Waals surface area contributed by atoms with E-state index < -0.39 is 12.1 Å². The van der Waals surface area contributed by atoms with Crippen molar-refractivity contribution in [2.75, 3.05) is 11.9 Å². The summed E-state index contributed by atoms with van der Waals surface area (Å²) >= 11 is 1.51. The van der Waals surface area contributed by atoms with Gasteiger partial charge in [-0.15, -0.1) is 11.3 Å². The van der Waals surface area contributed by atoms with Crippen molar-refractivity contribution >= 4 is 28.3 Å². The lowest BCUT2D eigenvalue weighted by molar-refractivity contribution is -0.126. The van der Waals surface area contributed by atoms with Gasteiger partial charge in [-0.3, -0.25) is 14.9 Å². The Kier molecular flexibility index (Phi) is 8.34. The van der Waals surface area contributed by atoms with Crippen LogP contribution in [0.1, 0.15) is 41.8 Å². The van der Waals surface area contributed by atoms with Crippen molar-refractivity contribution < 1.29 is 9.59 Å². The molecule has 2 atom stereocenters. The van der Waals surface area contributed by atoms with Crippen molar-refractivity contribution in [3.05, 3.63) is 58.6 Å². The molecule has 6 N–H and O–H groups in total. The highest BCUT2D eigenvalue weighted by molar-refractivity contribution is 7.15. The second-order valence-corrected chi connectivity index (χ2v) is 8.97. The molecule has 1 heterocycles. The van der Waals surface area contributed by atoms with E-state index in [0.717, 1.165) is 36.9 Å². The SMILES string of the molecule is C=C(Cc1ccccc1)[C@@H](NC(=O)[C@@H](N)CCCN)C(=O)Nc1nc2c(s1)CCCC2. The number of carbonyl (C=O) groups excluding carboxylic acids is 2. The van der Waals surface area contributed by atoms with E-state index in [1.807, 2.05) is 30.3 Å². The fourth-order valence-corrected chi connectivity index (χ4v) is 4.67. The average molecular weight is 442 g/mol. The lowest BCUT2D eigenvalue weighted by Crippen LogP contribution is -2.51. The van der Waals surface area contributed by atoms with Crippen molar-refractivity contribution in [2.24, 2.45) is 11.5 Å². The molecule has 0 bridgehead atoms. The van der Waals surface area contributed by atoms with Crippen LogP contribution in [0.2, 0.25) is 0 Å². The molecule has 166 valence electrons. The maximum atomic E-state index is 13.1. The van der Waals surface area contributed by atoms with Crippen LogP contribution in [0.4, 0.5) is 5.13 Å². The van der Waals surface area contributed by atoms with Gasteiger partial charge in [0.15, 0.2) is 5.13 Å². The number of fused-ring (bicyclic) bond motifs is 1. The Hall–Kier alpha value is -2.55. The number of anilines is 1. The zero-order valence-electron chi connectivity index (χ0n) is 17.7. The molecule has 1 aliphatic rings. The smallest absolute Gasteiger partial charge is 0.253 e. The van der Waals surface area contributed by atoms with Gasteiger partial charge < -0.3 is 16.8 Å². The first-order valence-corrected chi connectivity index (χ1v) is 11.6.